The van der Waals surface area contributed by atoms with E-state index in [0.29, 0.717) is 25.1 Å². The fraction of sp³-hybridized carbons (Fsp3) is 0.579. The zero-order chi connectivity index (χ0) is 20.4. The van der Waals surface area contributed by atoms with Crippen molar-refractivity contribution in [1.29, 1.82) is 0 Å². The van der Waals surface area contributed by atoms with Crippen molar-refractivity contribution in [3.8, 4) is 5.88 Å². The lowest BCUT2D eigenvalue weighted by Crippen LogP contribution is -2.43. The second-order valence-corrected chi connectivity index (χ2v) is 7.46. The maximum absolute atomic E-state index is 12.4. The van der Waals surface area contributed by atoms with Crippen LogP contribution >= 0.6 is 0 Å². The van der Waals surface area contributed by atoms with Crippen LogP contribution in [0.15, 0.2) is 0 Å². The van der Waals surface area contributed by atoms with Gasteiger partial charge in [-0.2, -0.15) is 0 Å². The number of aliphatic carboxylic acids is 1. The summed E-state index contributed by atoms with van der Waals surface area (Å²) in [6.45, 7) is 7.58. The van der Waals surface area contributed by atoms with E-state index < -0.39 is 11.5 Å². The number of pyridine rings is 1. The number of carbonyl (C=O) groups excluding carboxylic acids is 1. The lowest BCUT2D eigenvalue weighted by Gasteiger charge is -2.25. The van der Waals surface area contributed by atoms with E-state index in [0.717, 1.165) is 27.9 Å². The molecule has 0 unspecified atom stereocenters. The first-order valence-corrected chi connectivity index (χ1v) is 8.95. The number of rotatable bonds is 8. The Hall–Kier alpha value is -2.64. The molecule has 0 bridgehead atoms. The van der Waals surface area contributed by atoms with E-state index >= 15 is 0 Å². The van der Waals surface area contributed by atoms with E-state index in [1.54, 1.807) is 11.8 Å². The Kier molecular flexibility index (Phi) is 6.08. The molecule has 0 fully saturated rings. The first-order valence-electron chi connectivity index (χ1n) is 8.95. The van der Waals surface area contributed by atoms with Gasteiger partial charge in [-0.05, 0) is 51.7 Å². The highest BCUT2D eigenvalue weighted by Gasteiger charge is 2.22. The van der Waals surface area contributed by atoms with Crippen molar-refractivity contribution in [2.24, 2.45) is 7.05 Å². The van der Waals surface area contributed by atoms with Crippen molar-refractivity contribution in [1.82, 2.24) is 20.1 Å². The predicted molar refractivity (Wildman–Crippen MR) is 102 cm³/mol. The van der Waals surface area contributed by atoms with Gasteiger partial charge in [0.1, 0.15) is 0 Å². The lowest BCUT2D eigenvalue weighted by atomic mass is 9.97. The predicted octanol–water partition coefficient (Wildman–Crippen LogP) is 2.29. The maximum atomic E-state index is 12.4. The van der Waals surface area contributed by atoms with Crippen LogP contribution in [-0.2, 0) is 23.1 Å². The summed E-state index contributed by atoms with van der Waals surface area (Å²) in [6, 6.07) is 0. The number of fused-ring (bicyclic) bond motifs is 1. The highest BCUT2D eigenvalue weighted by Crippen LogP contribution is 2.30. The second kappa shape index (κ2) is 7.94. The van der Waals surface area contributed by atoms with Crippen molar-refractivity contribution in [2.45, 2.75) is 58.9 Å². The van der Waals surface area contributed by atoms with Gasteiger partial charge in [0.05, 0.1) is 12.5 Å². The Labute approximate surface area is 158 Å². The summed E-state index contributed by atoms with van der Waals surface area (Å²) >= 11 is 0. The minimum Gasteiger partial charge on any atom is -0.481 e. The minimum atomic E-state index is -0.867. The number of hydrogen-bond donors (Lipinski definition) is 2. The summed E-state index contributed by atoms with van der Waals surface area (Å²) in [6.07, 6.45) is 1.24. The van der Waals surface area contributed by atoms with Crippen LogP contribution < -0.4 is 10.1 Å². The summed E-state index contributed by atoms with van der Waals surface area (Å²) in [5.41, 5.74) is 3.08. The summed E-state index contributed by atoms with van der Waals surface area (Å²) in [7, 11) is 3.40. The van der Waals surface area contributed by atoms with Crippen LogP contribution in [0.2, 0.25) is 0 Å². The third kappa shape index (κ3) is 4.75. The Morgan fingerprint density at radius 1 is 1.26 bits per heavy atom. The van der Waals surface area contributed by atoms with Gasteiger partial charge < -0.3 is 15.2 Å². The summed E-state index contributed by atoms with van der Waals surface area (Å²) in [4.78, 5) is 27.7. The zero-order valence-corrected chi connectivity index (χ0v) is 16.8. The van der Waals surface area contributed by atoms with Gasteiger partial charge in [-0.15, -0.1) is 5.10 Å². The third-order valence-electron chi connectivity index (χ3n) is 4.76. The fourth-order valence-electron chi connectivity index (χ4n) is 3.27. The normalized spacial score (nSPS) is 11.6. The smallest absolute Gasteiger partial charge is 0.303 e. The Bertz CT molecular complexity index is 870. The summed E-state index contributed by atoms with van der Waals surface area (Å²) in [5.74, 6) is -0.450. The highest BCUT2D eigenvalue weighted by atomic mass is 16.5. The Morgan fingerprint density at radius 3 is 2.52 bits per heavy atom. The van der Waals surface area contributed by atoms with Gasteiger partial charge in [0, 0.05) is 31.1 Å². The molecule has 2 heterocycles. The topological polar surface area (TPSA) is 106 Å². The van der Waals surface area contributed by atoms with Gasteiger partial charge in [0.2, 0.25) is 11.8 Å². The number of amides is 1. The molecule has 0 saturated heterocycles. The Morgan fingerprint density at radius 2 is 1.93 bits per heavy atom. The summed E-state index contributed by atoms with van der Waals surface area (Å²) < 4.78 is 7.05. The van der Waals surface area contributed by atoms with Crippen LogP contribution in [0.3, 0.4) is 0 Å². The van der Waals surface area contributed by atoms with E-state index in [9.17, 15) is 9.59 Å². The van der Waals surface area contributed by atoms with Crippen LogP contribution in [0.25, 0.3) is 11.0 Å². The summed E-state index contributed by atoms with van der Waals surface area (Å²) in [5, 5.41) is 16.9. The molecule has 0 radical (unpaired) electrons. The van der Waals surface area contributed by atoms with E-state index in [1.165, 1.54) is 0 Å². The quantitative estimate of drug-likeness (QED) is 0.732. The van der Waals surface area contributed by atoms with Gasteiger partial charge >= 0.3 is 5.97 Å². The number of ether oxygens (including phenoxy) is 1. The number of aromatic nitrogens is 3. The molecular formula is C19H28N4O4. The molecule has 2 aromatic rings. The van der Waals surface area contributed by atoms with Gasteiger partial charge in [-0.25, -0.2) is 9.67 Å². The molecule has 148 valence electrons. The first kappa shape index (κ1) is 20.7. The molecule has 2 rings (SSSR count). The molecule has 0 aliphatic heterocycles. The molecule has 0 atom stereocenters. The van der Waals surface area contributed by atoms with E-state index in [-0.39, 0.29) is 12.3 Å². The molecule has 0 saturated carbocycles. The highest BCUT2D eigenvalue weighted by molar-refractivity contribution is 5.86. The lowest BCUT2D eigenvalue weighted by molar-refractivity contribution is -0.137. The number of aryl methyl sites for hydroxylation is 3. The van der Waals surface area contributed by atoms with Crippen LogP contribution in [0.4, 0.5) is 0 Å². The number of carboxylic acid groups (broad SMARTS) is 1. The number of nitrogens with zero attached hydrogens (tertiary/aromatic N) is 3. The van der Waals surface area contributed by atoms with Crippen molar-refractivity contribution in [3.05, 3.63) is 16.8 Å². The molecule has 0 aromatic carbocycles. The van der Waals surface area contributed by atoms with Crippen LogP contribution in [0, 0.1) is 13.8 Å². The molecule has 0 spiro atoms. The Balaban J connectivity index is 2.14. The van der Waals surface area contributed by atoms with Crippen molar-refractivity contribution in [2.75, 3.05) is 7.11 Å². The number of carbonyl (C=O) groups is 2. The number of carboxylic acids is 1. The molecule has 2 N–H and O–H groups in total. The zero-order valence-electron chi connectivity index (χ0n) is 16.8. The first-order chi connectivity index (χ1) is 12.6. The van der Waals surface area contributed by atoms with Crippen molar-refractivity contribution >= 4 is 22.9 Å². The van der Waals surface area contributed by atoms with Crippen LogP contribution in [0.5, 0.6) is 5.88 Å². The number of methoxy groups -OCH3 is 1. The SMILES string of the molecule is COc1nn(C)c2nc(C)c(CCC(=O)NC(C)(C)CCC(=O)O)c(C)c12. The van der Waals surface area contributed by atoms with Gasteiger partial charge in [-0.3, -0.25) is 9.59 Å². The molecular weight excluding hydrogens is 348 g/mol. The van der Waals surface area contributed by atoms with Gasteiger partial charge in [0.25, 0.3) is 0 Å². The number of nitrogens with one attached hydrogen (secondary N) is 1. The van der Waals surface area contributed by atoms with Gasteiger partial charge in [0.15, 0.2) is 5.65 Å². The number of hydrogen-bond acceptors (Lipinski definition) is 5. The maximum Gasteiger partial charge on any atom is 0.303 e. The second-order valence-electron chi connectivity index (χ2n) is 7.46. The largest absolute Gasteiger partial charge is 0.481 e. The van der Waals surface area contributed by atoms with Crippen molar-refractivity contribution < 1.29 is 19.4 Å². The molecule has 0 aliphatic rings. The standard InChI is InChI=1S/C19H28N4O4/c1-11-13(7-8-14(24)21-19(3,4)10-9-15(25)26)12(2)20-17-16(11)18(27-6)22-23(17)5/h7-10H2,1-6H3,(H,21,24)(H,25,26). The molecule has 8 heteroatoms. The molecule has 2 aromatic heterocycles. The van der Waals surface area contributed by atoms with E-state index in [2.05, 4.69) is 15.4 Å². The van der Waals surface area contributed by atoms with E-state index in [1.807, 2.05) is 34.7 Å². The molecule has 0 aliphatic carbocycles. The van der Waals surface area contributed by atoms with E-state index in [4.69, 9.17) is 9.84 Å². The van der Waals surface area contributed by atoms with Crippen molar-refractivity contribution in [3.63, 3.8) is 0 Å². The minimum absolute atomic E-state index is 0.0207. The third-order valence-corrected chi connectivity index (χ3v) is 4.76. The molecule has 1 amide bonds. The fourth-order valence-corrected chi connectivity index (χ4v) is 3.27. The average Bonchev–Trinajstić information content (AvgIpc) is 2.88. The van der Waals surface area contributed by atoms with Crippen LogP contribution in [0.1, 0.15) is 49.9 Å². The van der Waals surface area contributed by atoms with Gasteiger partial charge in [-0.1, -0.05) is 0 Å². The monoisotopic (exact) mass is 376 g/mol. The van der Waals surface area contributed by atoms with Crippen LogP contribution in [-0.4, -0.2) is 44.4 Å². The average molecular weight is 376 g/mol. The molecule has 8 nitrogen and oxygen atoms in total. The molecule has 27 heavy (non-hydrogen) atoms.